The number of nitrogens with zero attached hydrogens (tertiary/aromatic N) is 2. The number of benzene rings is 9. The first kappa shape index (κ1) is 37.6. The predicted molar refractivity (Wildman–Crippen MR) is 270 cm³/mol. The maximum atomic E-state index is 4.37. The normalized spacial score (nSPS) is 13.1. The second-order valence-corrected chi connectivity index (χ2v) is 16.9. The topological polar surface area (TPSA) is 8.17 Å². The number of aromatic nitrogens is 1. The van der Waals surface area contributed by atoms with Crippen molar-refractivity contribution in [1.82, 2.24) is 4.57 Å². The minimum atomic E-state index is -0.438. The quantitative estimate of drug-likeness (QED) is 0.139. The van der Waals surface area contributed by atoms with E-state index in [9.17, 15) is 0 Å². The van der Waals surface area contributed by atoms with Gasteiger partial charge in [0.2, 0.25) is 0 Å². The molecule has 64 heavy (non-hydrogen) atoms. The van der Waals surface area contributed by atoms with Crippen LogP contribution in [0.3, 0.4) is 0 Å². The average molecular weight is 817 g/mol. The van der Waals surface area contributed by atoms with Gasteiger partial charge in [-0.2, -0.15) is 0 Å². The van der Waals surface area contributed by atoms with Crippen molar-refractivity contribution in [2.45, 2.75) is 12.3 Å². The molecule has 1 aromatic heterocycles. The molecule has 1 heterocycles. The Morgan fingerprint density at radius 2 is 0.969 bits per heavy atom. The summed E-state index contributed by atoms with van der Waals surface area (Å²) in [7, 11) is 0. The van der Waals surface area contributed by atoms with E-state index in [4.69, 9.17) is 0 Å². The number of rotatable bonds is 8. The molecule has 2 nitrogen and oxygen atoms in total. The molecule has 2 aliphatic carbocycles. The molecule has 0 atom stereocenters. The van der Waals surface area contributed by atoms with Crippen LogP contribution in [0.25, 0.3) is 66.4 Å². The van der Waals surface area contributed by atoms with Gasteiger partial charge in [0.05, 0.1) is 16.4 Å². The van der Waals surface area contributed by atoms with Crippen LogP contribution in [0.15, 0.2) is 243 Å². The van der Waals surface area contributed by atoms with E-state index in [1.54, 1.807) is 0 Å². The number of hydrogen-bond acceptors (Lipinski definition) is 1. The smallest absolute Gasteiger partial charge is 0.0725 e. The van der Waals surface area contributed by atoms with E-state index in [0.717, 1.165) is 33.9 Å². The molecule has 1 spiro atoms. The molecule has 302 valence electrons. The van der Waals surface area contributed by atoms with Crippen LogP contribution in [0.2, 0.25) is 0 Å². The van der Waals surface area contributed by atoms with Crippen molar-refractivity contribution in [2.24, 2.45) is 0 Å². The lowest BCUT2D eigenvalue weighted by molar-refractivity contribution is 0.795. The third-order valence-electron chi connectivity index (χ3n) is 13.5. The van der Waals surface area contributed by atoms with Crippen molar-refractivity contribution >= 4 is 44.4 Å². The standard InChI is InChI=1S/C62H44N2/c1-3-4-7-18-42(2)43-29-33-47(34-30-43)63(48-35-31-45(32-36-48)44-19-8-5-9-20-44)49-37-38-60-54(39-49)55-40-59-53(41-61(55)64(60)46-21-10-6-11-22-46)52-25-14-17-28-58(52)62(59)56-26-15-12-23-50(56)51-24-13-16-27-57(51)62/h3-41H,2H2,1H3/b4-3-,18-7-. The highest BCUT2D eigenvalue weighted by Gasteiger charge is 2.51. The Morgan fingerprint density at radius 3 is 1.59 bits per heavy atom. The molecule has 0 aliphatic heterocycles. The molecule has 0 unspecified atom stereocenters. The first-order chi connectivity index (χ1) is 31.6. The van der Waals surface area contributed by atoms with E-state index in [1.807, 2.05) is 25.2 Å². The Bertz CT molecular complexity index is 3450. The zero-order chi connectivity index (χ0) is 42.8. The van der Waals surface area contributed by atoms with Crippen LogP contribution in [0.1, 0.15) is 34.7 Å². The van der Waals surface area contributed by atoms with Gasteiger partial charge in [0.25, 0.3) is 0 Å². The Labute approximate surface area is 374 Å². The first-order valence-electron chi connectivity index (χ1n) is 22.2. The highest BCUT2D eigenvalue weighted by atomic mass is 15.1. The van der Waals surface area contributed by atoms with Gasteiger partial charge in [0.15, 0.2) is 0 Å². The van der Waals surface area contributed by atoms with Crippen LogP contribution in [-0.4, -0.2) is 4.57 Å². The van der Waals surface area contributed by atoms with E-state index < -0.39 is 5.41 Å². The molecule has 0 saturated carbocycles. The van der Waals surface area contributed by atoms with Crippen LogP contribution in [0.5, 0.6) is 0 Å². The molecule has 10 aromatic rings. The fourth-order valence-electron chi connectivity index (χ4n) is 10.7. The summed E-state index contributed by atoms with van der Waals surface area (Å²) in [6.07, 6.45) is 8.16. The van der Waals surface area contributed by atoms with Crippen molar-refractivity contribution in [3.05, 3.63) is 271 Å². The van der Waals surface area contributed by atoms with Crippen molar-refractivity contribution < 1.29 is 0 Å². The van der Waals surface area contributed by atoms with Gasteiger partial charge in [0.1, 0.15) is 0 Å². The zero-order valence-corrected chi connectivity index (χ0v) is 35.6. The summed E-state index contributed by atoms with van der Waals surface area (Å²) < 4.78 is 2.46. The van der Waals surface area contributed by atoms with Crippen molar-refractivity contribution in [3.63, 3.8) is 0 Å². The largest absolute Gasteiger partial charge is 0.310 e. The Balaban J connectivity index is 1.10. The summed E-state index contributed by atoms with van der Waals surface area (Å²) in [6.45, 7) is 6.39. The number of para-hydroxylation sites is 1. The molecule has 9 aromatic carbocycles. The number of fused-ring (bicyclic) bond motifs is 13. The molecule has 0 bridgehead atoms. The van der Waals surface area contributed by atoms with Crippen molar-refractivity contribution in [3.8, 4) is 39.1 Å². The van der Waals surface area contributed by atoms with Crippen molar-refractivity contribution in [1.29, 1.82) is 0 Å². The second-order valence-electron chi connectivity index (χ2n) is 16.9. The van der Waals surface area contributed by atoms with Crippen LogP contribution in [-0.2, 0) is 5.41 Å². The molecular formula is C62H44N2. The summed E-state index contributed by atoms with van der Waals surface area (Å²) in [5, 5.41) is 2.43. The highest BCUT2D eigenvalue weighted by Crippen LogP contribution is 2.63. The van der Waals surface area contributed by atoms with Crippen LogP contribution < -0.4 is 4.90 Å². The van der Waals surface area contributed by atoms with Gasteiger partial charge in [-0.05, 0) is 140 Å². The van der Waals surface area contributed by atoms with Crippen LogP contribution in [0.4, 0.5) is 17.1 Å². The fraction of sp³-hybridized carbons (Fsp3) is 0.0323. The van der Waals surface area contributed by atoms with E-state index in [1.165, 1.54) is 77.4 Å². The molecule has 0 amide bonds. The maximum absolute atomic E-state index is 4.37. The van der Waals surface area contributed by atoms with Gasteiger partial charge in [-0.1, -0.05) is 176 Å². The zero-order valence-electron chi connectivity index (χ0n) is 35.6. The van der Waals surface area contributed by atoms with Gasteiger partial charge in [0, 0.05) is 33.5 Å². The molecule has 2 heteroatoms. The summed E-state index contributed by atoms with van der Waals surface area (Å²) in [6, 6.07) is 78.4. The van der Waals surface area contributed by atoms with Crippen LogP contribution >= 0.6 is 0 Å². The lowest BCUT2D eigenvalue weighted by atomic mass is 9.70. The SMILES string of the molecule is C=C(/C=C\C=C/C)c1ccc(N(c2ccc(-c3ccccc3)cc2)c2ccc3c(c2)c2cc4c(cc2n3-c2ccccc2)-c2ccccc2C42c3ccccc3-c3ccccc32)cc1. The predicted octanol–water partition coefficient (Wildman–Crippen LogP) is 16.4. The molecule has 0 radical (unpaired) electrons. The molecule has 0 saturated heterocycles. The molecule has 2 aliphatic rings. The summed E-state index contributed by atoms with van der Waals surface area (Å²) >= 11 is 0. The van der Waals surface area contributed by atoms with Crippen LogP contribution in [0, 0.1) is 0 Å². The Kier molecular flexibility index (Phi) is 8.81. The average Bonchev–Trinajstić information content (AvgIpc) is 3.95. The van der Waals surface area contributed by atoms with Gasteiger partial charge in [-0.15, -0.1) is 0 Å². The number of hydrogen-bond donors (Lipinski definition) is 0. The molecule has 0 fully saturated rings. The van der Waals surface area contributed by atoms with E-state index >= 15 is 0 Å². The monoisotopic (exact) mass is 816 g/mol. The fourth-order valence-corrected chi connectivity index (χ4v) is 10.7. The molecule has 0 N–H and O–H groups in total. The second kappa shape index (κ2) is 15.0. The van der Waals surface area contributed by atoms with Gasteiger partial charge in [-0.25, -0.2) is 0 Å². The lowest BCUT2D eigenvalue weighted by Gasteiger charge is -2.30. The van der Waals surface area contributed by atoms with Gasteiger partial charge in [-0.3, -0.25) is 0 Å². The van der Waals surface area contributed by atoms with E-state index in [0.29, 0.717) is 0 Å². The summed E-state index contributed by atoms with van der Waals surface area (Å²) in [5.74, 6) is 0. The molecule has 12 rings (SSSR count). The van der Waals surface area contributed by atoms with Gasteiger partial charge >= 0.3 is 0 Å². The minimum absolute atomic E-state index is 0.438. The number of anilines is 3. The van der Waals surface area contributed by atoms with E-state index in [-0.39, 0.29) is 0 Å². The highest BCUT2D eigenvalue weighted by molar-refractivity contribution is 6.13. The first-order valence-corrected chi connectivity index (χ1v) is 22.2. The summed E-state index contributed by atoms with van der Waals surface area (Å²) in [5.41, 5.74) is 21.3. The van der Waals surface area contributed by atoms with Gasteiger partial charge < -0.3 is 9.47 Å². The lowest BCUT2D eigenvalue weighted by Crippen LogP contribution is -2.25. The third kappa shape index (κ3) is 5.66. The Morgan fingerprint density at radius 1 is 0.453 bits per heavy atom. The Hall–Kier alpha value is -8.20. The van der Waals surface area contributed by atoms with Crippen molar-refractivity contribution in [2.75, 3.05) is 4.90 Å². The minimum Gasteiger partial charge on any atom is -0.310 e. The number of allylic oxidation sites excluding steroid dienone is 5. The molecular weight excluding hydrogens is 773 g/mol. The maximum Gasteiger partial charge on any atom is 0.0725 e. The van der Waals surface area contributed by atoms with E-state index in [2.05, 4.69) is 234 Å². The third-order valence-corrected chi connectivity index (χ3v) is 13.5. The summed E-state index contributed by atoms with van der Waals surface area (Å²) in [4.78, 5) is 2.39.